The van der Waals surface area contributed by atoms with E-state index in [0.717, 1.165) is 11.4 Å². The molecule has 0 saturated carbocycles. The molecule has 0 unspecified atom stereocenters. The quantitative estimate of drug-likeness (QED) is 0.436. The van der Waals surface area contributed by atoms with E-state index in [1.807, 2.05) is 24.3 Å². The zero-order chi connectivity index (χ0) is 21.4. The van der Waals surface area contributed by atoms with E-state index in [1.165, 1.54) is 6.33 Å². The maximum Gasteiger partial charge on any atom is 0.289 e. The van der Waals surface area contributed by atoms with Gasteiger partial charge in [0.2, 0.25) is 0 Å². The predicted octanol–water partition coefficient (Wildman–Crippen LogP) is 2.54. The van der Waals surface area contributed by atoms with E-state index < -0.39 is 0 Å². The van der Waals surface area contributed by atoms with Gasteiger partial charge >= 0.3 is 0 Å². The fraction of sp³-hybridized carbons (Fsp3) is 0.250. The van der Waals surface area contributed by atoms with E-state index in [4.69, 9.17) is 9.15 Å². The summed E-state index contributed by atoms with van der Waals surface area (Å²) >= 11 is 3.23. The Kier molecular flexibility index (Phi) is 5.02. The Labute approximate surface area is 185 Å². The number of methoxy groups -OCH3 is 1. The van der Waals surface area contributed by atoms with Crippen LogP contribution in [0.2, 0.25) is 0 Å². The van der Waals surface area contributed by atoms with Gasteiger partial charge in [-0.15, -0.1) is 5.10 Å². The molecule has 0 radical (unpaired) electrons. The smallest absolute Gasteiger partial charge is 0.289 e. The Morgan fingerprint density at radius 1 is 1.06 bits per heavy atom. The number of fused-ring (bicyclic) bond motifs is 1. The van der Waals surface area contributed by atoms with Gasteiger partial charge in [0.15, 0.2) is 27.4 Å². The summed E-state index contributed by atoms with van der Waals surface area (Å²) in [5.41, 5.74) is 2.06. The third-order valence-electron chi connectivity index (χ3n) is 5.19. The first-order valence-corrected chi connectivity index (χ1v) is 10.4. The van der Waals surface area contributed by atoms with E-state index in [-0.39, 0.29) is 5.91 Å². The molecule has 11 heteroatoms. The molecule has 31 heavy (non-hydrogen) atoms. The van der Waals surface area contributed by atoms with Crippen LogP contribution in [0.5, 0.6) is 5.75 Å². The van der Waals surface area contributed by atoms with Gasteiger partial charge in [0.05, 0.1) is 12.8 Å². The fourth-order valence-electron chi connectivity index (χ4n) is 3.57. The van der Waals surface area contributed by atoms with Crippen LogP contribution in [0.1, 0.15) is 10.6 Å². The number of rotatable bonds is 4. The van der Waals surface area contributed by atoms with Gasteiger partial charge in [-0.1, -0.05) is 5.21 Å². The summed E-state index contributed by atoms with van der Waals surface area (Å²) in [5, 5.41) is 8.61. The van der Waals surface area contributed by atoms with Crippen LogP contribution in [0, 0.1) is 0 Å². The molecule has 1 aliphatic rings. The van der Waals surface area contributed by atoms with Crippen molar-refractivity contribution in [3.05, 3.63) is 53.2 Å². The van der Waals surface area contributed by atoms with E-state index in [9.17, 15) is 4.79 Å². The van der Waals surface area contributed by atoms with Gasteiger partial charge in [-0.05, 0) is 52.3 Å². The second kappa shape index (κ2) is 7.99. The van der Waals surface area contributed by atoms with Gasteiger partial charge in [-0.25, -0.2) is 9.97 Å². The van der Waals surface area contributed by atoms with Crippen LogP contribution in [-0.2, 0) is 0 Å². The summed E-state index contributed by atoms with van der Waals surface area (Å²) in [6.07, 6.45) is 1.51. The molecular weight excluding hydrogens is 466 g/mol. The third kappa shape index (κ3) is 3.61. The van der Waals surface area contributed by atoms with Crippen molar-refractivity contribution in [3.63, 3.8) is 0 Å². The number of aromatic nitrogens is 5. The van der Waals surface area contributed by atoms with Crippen LogP contribution in [0.3, 0.4) is 0 Å². The summed E-state index contributed by atoms with van der Waals surface area (Å²) in [5.74, 6) is 1.67. The molecule has 1 aliphatic heterocycles. The van der Waals surface area contributed by atoms with Crippen molar-refractivity contribution in [1.29, 1.82) is 0 Å². The maximum absolute atomic E-state index is 12.6. The molecule has 0 bridgehead atoms. The molecule has 158 valence electrons. The summed E-state index contributed by atoms with van der Waals surface area (Å²) in [6.45, 7) is 2.34. The second-order valence-corrected chi connectivity index (χ2v) is 7.73. The van der Waals surface area contributed by atoms with E-state index in [2.05, 4.69) is 41.1 Å². The second-order valence-electron chi connectivity index (χ2n) is 6.95. The highest BCUT2D eigenvalue weighted by molar-refractivity contribution is 9.10. The van der Waals surface area contributed by atoms with Crippen LogP contribution in [0.4, 0.5) is 5.82 Å². The minimum absolute atomic E-state index is 0.122. The largest absolute Gasteiger partial charge is 0.497 e. The summed E-state index contributed by atoms with van der Waals surface area (Å²) in [4.78, 5) is 25.3. The first-order valence-electron chi connectivity index (χ1n) is 9.64. The van der Waals surface area contributed by atoms with Crippen LogP contribution < -0.4 is 9.64 Å². The Morgan fingerprint density at radius 3 is 2.52 bits per heavy atom. The molecule has 1 amide bonds. The van der Waals surface area contributed by atoms with E-state index >= 15 is 0 Å². The van der Waals surface area contributed by atoms with Crippen molar-refractivity contribution in [2.45, 2.75) is 0 Å². The van der Waals surface area contributed by atoms with Gasteiger partial charge in [0.25, 0.3) is 5.91 Å². The number of nitrogens with zero attached hydrogens (tertiary/aromatic N) is 7. The Balaban J connectivity index is 1.36. The third-order valence-corrected chi connectivity index (χ3v) is 5.61. The number of piperazine rings is 1. The average molecular weight is 484 g/mol. The lowest BCUT2D eigenvalue weighted by atomic mass is 10.2. The average Bonchev–Trinajstić information content (AvgIpc) is 3.45. The van der Waals surface area contributed by atoms with Crippen LogP contribution in [0.15, 0.2) is 51.8 Å². The number of benzene rings is 1. The van der Waals surface area contributed by atoms with Crippen molar-refractivity contribution >= 4 is 38.8 Å². The summed E-state index contributed by atoms with van der Waals surface area (Å²) < 4.78 is 12.8. The van der Waals surface area contributed by atoms with Gasteiger partial charge in [0, 0.05) is 26.2 Å². The molecular formula is C20H18BrN7O3. The van der Waals surface area contributed by atoms with Crippen molar-refractivity contribution in [2.24, 2.45) is 0 Å². The van der Waals surface area contributed by atoms with Gasteiger partial charge < -0.3 is 19.0 Å². The minimum Gasteiger partial charge on any atom is -0.497 e. The van der Waals surface area contributed by atoms with Crippen LogP contribution >= 0.6 is 15.9 Å². The molecule has 4 aromatic rings. The summed E-state index contributed by atoms with van der Waals surface area (Å²) in [7, 11) is 1.63. The van der Waals surface area contributed by atoms with Crippen molar-refractivity contribution < 1.29 is 13.9 Å². The van der Waals surface area contributed by atoms with Gasteiger partial charge in [-0.2, -0.15) is 4.68 Å². The van der Waals surface area contributed by atoms with Crippen molar-refractivity contribution in [3.8, 4) is 11.4 Å². The lowest BCUT2D eigenvalue weighted by molar-refractivity contribution is 0.0713. The van der Waals surface area contributed by atoms with Crippen LogP contribution in [-0.4, -0.2) is 69.1 Å². The molecule has 5 rings (SSSR count). The molecule has 10 nitrogen and oxygen atoms in total. The zero-order valence-corrected chi connectivity index (χ0v) is 18.2. The lowest BCUT2D eigenvalue weighted by Gasteiger charge is -2.34. The maximum atomic E-state index is 12.6. The van der Waals surface area contributed by atoms with E-state index in [1.54, 1.807) is 28.8 Å². The number of halogens is 1. The van der Waals surface area contributed by atoms with Crippen LogP contribution in [0.25, 0.3) is 16.9 Å². The van der Waals surface area contributed by atoms with Crippen molar-refractivity contribution in [2.75, 3.05) is 38.2 Å². The highest BCUT2D eigenvalue weighted by Gasteiger charge is 2.26. The fourth-order valence-corrected chi connectivity index (χ4v) is 3.88. The highest BCUT2D eigenvalue weighted by Crippen LogP contribution is 2.25. The zero-order valence-electron chi connectivity index (χ0n) is 16.6. The molecule has 1 aromatic carbocycles. The number of carbonyl (C=O) groups excluding carboxylic acids is 1. The molecule has 0 aliphatic carbocycles. The molecule has 1 fully saturated rings. The molecule has 3 aromatic heterocycles. The normalized spacial score (nSPS) is 14.3. The standard InChI is InChI=1S/C20H18BrN7O3/c1-30-14-4-2-13(3-5-14)28-19-17(24-25-28)18(22-12-23-19)26-8-10-27(11-9-26)20(29)15-6-7-16(21)31-15/h2-7,12H,8-11H2,1H3. The van der Waals surface area contributed by atoms with Crippen molar-refractivity contribution in [1.82, 2.24) is 29.9 Å². The molecule has 0 atom stereocenters. The monoisotopic (exact) mass is 483 g/mol. The number of anilines is 1. The molecule has 4 heterocycles. The number of hydrogen-bond donors (Lipinski definition) is 0. The van der Waals surface area contributed by atoms with Gasteiger partial charge in [-0.3, -0.25) is 4.79 Å². The SMILES string of the molecule is COc1ccc(-n2nnc3c(N4CCN(C(=O)c5ccc(Br)o5)CC4)ncnc32)cc1. The first-order chi connectivity index (χ1) is 15.1. The Morgan fingerprint density at radius 2 is 1.84 bits per heavy atom. The first kappa shape index (κ1) is 19.5. The Hall–Kier alpha value is -3.47. The highest BCUT2D eigenvalue weighted by atomic mass is 79.9. The van der Waals surface area contributed by atoms with Gasteiger partial charge in [0.1, 0.15) is 12.1 Å². The summed E-state index contributed by atoms with van der Waals surface area (Å²) in [6, 6.07) is 10.9. The topological polar surface area (TPSA) is 102 Å². The number of hydrogen-bond acceptors (Lipinski definition) is 8. The number of amides is 1. The number of ether oxygens (including phenoxy) is 1. The lowest BCUT2D eigenvalue weighted by Crippen LogP contribution is -2.49. The number of furan rings is 1. The Bertz CT molecular complexity index is 1230. The molecule has 1 saturated heterocycles. The molecule has 0 N–H and O–H groups in total. The molecule has 0 spiro atoms. The van der Waals surface area contributed by atoms with E-state index in [0.29, 0.717) is 53.6 Å². The number of carbonyl (C=O) groups is 1. The minimum atomic E-state index is -0.122. The predicted molar refractivity (Wildman–Crippen MR) is 116 cm³/mol.